The number of amides is 1. The van der Waals surface area contributed by atoms with Gasteiger partial charge >= 0.3 is 0 Å². The average molecular weight is 338 g/mol. The summed E-state index contributed by atoms with van der Waals surface area (Å²) in [5, 5.41) is 0. The fraction of sp³-hybridized carbons (Fsp3) is 0.588. The Hall–Kier alpha value is -1.40. The topological polar surface area (TPSA) is 80.5 Å². The van der Waals surface area contributed by atoms with Gasteiger partial charge in [0, 0.05) is 24.8 Å². The van der Waals surface area contributed by atoms with Crippen molar-refractivity contribution >= 4 is 15.7 Å². The van der Waals surface area contributed by atoms with E-state index in [1.165, 1.54) is 11.1 Å². The van der Waals surface area contributed by atoms with Crippen LogP contribution in [0.1, 0.15) is 36.8 Å². The SMILES string of the molecule is Cc1ccccc1[C@@H]1C[C@@H](C)N(C(=O)[C@H](N)CCS(C)(=O)=O)C1. The molecule has 2 rings (SSSR count). The highest BCUT2D eigenvalue weighted by Gasteiger charge is 2.35. The fourth-order valence-electron chi connectivity index (χ4n) is 3.29. The molecule has 23 heavy (non-hydrogen) atoms. The number of sulfone groups is 1. The van der Waals surface area contributed by atoms with E-state index in [2.05, 4.69) is 19.1 Å². The molecule has 1 aromatic carbocycles. The quantitative estimate of drug-likeness (QED) is 0.881. The molecule has 1 aliphatic heterocycles. The molecule has 5 nitrogen and oxygen atoms in total. The molecular formula is C17H26N2O3S. The van der Waals surface area contributed by atoms with Gasteiger partial charge in [0.25, 0.3) is 0 Å². The van der Waals surface area contributed by atoms with Crippen LogP contribution in [0.2, 0.25) is 0 Å². The van der Waals surface area contributed by atoms with E-state index in [-0.39, 0.29) is 24.1 Å². The number of likely N-dealkylation sites (tertiary alicyclic amines) is 1. The predicted molar refractivity (Wildman–Crippen MR) is 92.0 cm³/mol. The molecule has 128 valence electrons. The van der Waals surface area contributed by atoms with Crippen LogP contribution in [0.15, 0.2) is 24.3 Å². The summed E-state index contributed by atoms with van der Waals surface area (Å²) in [5.41, 5.74) is 8.44. The van der Waals surface area contributed by atoms with Gasteiger partial charge in [-0.3, -0.25) is 4.79 Å². The number of aryl methyl sites for hydroxylation is 1. The molecule has 0 bridgehead atoms. The van der Waals surface area contributed by atoms with Crippen molar-refractivity contribution in [3.63, 3.8) is 0 Å². The lowest BCUT2D eigenvalue weighted by Gasteiger charge is -2.25. The van der Waals surface area contributed by atoms with Gasteiger partial charge in [0.2, 0.25) is 5.91 Å². The zero-order chi connectivity index (χ0) is 17.2. The van der Waals surface area contributed by atoms with E-state index < -0.39 is 15.9 Å². The van der Waals surface area contributed by atoms with Gasteiger partial charge in [-0.15, -0.1) is 0 Å². The first kappa shape index (κ1) is 17.9. The molecule has 1 heterocycles. The lowest BCUT2D eigenvalue weighted by atomic mass is 9.93. The van der Waals surface area contributed by atoms with Crippen LogP contribution < -0.4 is 5.73 Å². The third kappa shape index (κ3) is 4.54. The summed E-state index contributed by atoms with van der Waals surface area (Å²) < 4.78 is 22.5. The summed E-state index contributed by atoms with van der Waals surface area (Å²) in [4.78, 5) is 14.4. The van der Waals surface area contributed by atoms with Crippen LogP contribution >= 0.6 is 0 Å². The lowest BCUT2D eigenvalue weighted by molar-refractivity contribution is -0.133. The van der Waals surface area contributed by atoms with Crippen molar-refractivity contribution in [1.82, 2.24) is 4.90 Å². The van der Waals surface area contributed by atoms with E-state index in [4.69, 9.17) is 5.73 Å². The Bertz CT molecular complexity index is 672. The van der Waals surface area contributed by atoms with Crippen molar-refractivity contribution in [2.75, 3.05) is 18.6 Å². The normalized spacial score (nSPS) is 23.0. The highest BCUT2D eigenvalue weighted by Crippen LogP contribution is 2.33. The van der Waals surface area contributed by atoms with Gasteiger partial charge in [-0.2, -0.15) is 0 Å². The molecule has 1 aliphatic rings. The second-order valence-electron chi connectivity index (χ2n) is 6.65. The van der Waals surface area contributed by atoms with Crippen LogP contribution in [0.4, 0.5) is 0 Å². The van der Waals surface area contributed by atoms with Crippen LogP contribution in [0.25, 0.3) is 0 Å². The molecular weight excluding hydrogens is 312 g/mol. The van der Waals surface area contributed by atoms with Crippen molar-refractivity contribution in [1.29, 1.82) is 0 Å². The highest BCUT2D eigenvalue weighted by molar-refractivity contribution is 7.90. The number of carbonyl (C=O) groups excluding carboxylic acids is 1. The van der Waals surface area contributed by atoms with Crippen molar-refractivity contribution in [2.45, 2.75) is 44.7 Å². The van der Waals surface area contributed by atoms with E-state index >= 15 is 0 Å². The smallest absolute Gasteiger partial charge is 0.239 e. The minimum atomic E-state index is -3.10. The van der Waals surface area contributed by atoms with Crippen LogP contribution in [0.3, 0.4) is 0 Å². The number of benzene rings is 1. The van der Waals surface area contributed by atoms with Crippen molar-refractivity contribution in [3.8, 4) is 0 Å². The van der Waals surface area contributed by atoms with Crippen molar-refractivity contribution < 1.29 is 13.2 Å². The van der Waals surface area contributed by atoms with E-state index in [1.54, 1.807) is 0 Å². The molecule has 3 atom stereocenters. The first-order valence-electron chi connectivity index (χ1n) is 7.98. The highest BCUT2D eigenvalue weighted by atomic mass is 32.2. The third-order valence-electron chi connectivity index (χ3n) is 4.60. The van der Waals surface area contributed by atoms with E-state index in [0.717, 1.165) is 12.7 Å². The third-order valence-corrected chi connectivity index (χ3v) is 5.58. The maximum Gasteiger partial charge on any atom is 0.239 e. The minimum absolute atomic E-state index is 0.0522. The number of hydrogen-bond donors (Lipinski definition) is 1. The van der Waals surface area contributed by atoms with Gasteiger partial charge in [0.05, 0.1) is 11.8 Å². The summed E-state index contributed by atoms with van der Waals surface area (Å²) in [7, 11) is -3.10. The summed E-state index contributed by atoms with van der Waals surface area (Å²) in [6.45, 7) is 4.76. The first-order chi connectivity index (χ1) is 10.7. The molecule has 0 aromatic heterocycles. The Balaban J connectivity index is 2.03. The maximum atomic E-state index is 12.5. The predicted octanol–water partition coefficient (Wildman–Crippen LogP) is 1.46. The standard InChI is InChI=1S/C17H26N2O3S/c1-12-6-4-5-7-15(12)14-10-13(2)19(11-14)17(20)16(18)8-9-23(3,21)22/h4-7,13-14,16H,8-11,18H2,1-3H3/t13-,14-,16-/m1/s1. The molecule has 1 amide bonds. The largest absolute Gasteiger partial charge is 0.338 e. The Morgan fingerprint density at radius 3 is 2.65 bits per heavy atom. The Kier molecular flexibility index (Phi) is 5.47. The first-order valence-corrected chi connectivity index (χ1v) is 10.0. The van der Waals surface area contributed by atoms with Crippen LogP contribution in [-0.4, -0.2) is 49.9 Å². The molecule has 1 saturated heterocycles. The zero-order valence-corrected chi connectivity index (χ0v) is 14.8. The van der Waals surface area contributed by atoms with Crippen LogP contribution in [0, 0.1) is 6.92 Å². The van der Waals surface area contributed by atoms with Gasteiger partial charge < -0.3 is 10.6 Å². The molecule has 6 heteroatoms. The molecule has 1 fully saturated rings. The van der Waals surface area contributed by atoms with Crippen LogP contribution in [-0.2, 0) is 14.6 Å². The number of nitrogens with two attached hydrogens (primary N) is 1. The fourth-order valence-corrected chi connectivity index (χ4v) is 3.97. The summed E-state index contributed by atoms with van der Waals surface area (Å²) >= 11 is 0. The van der Waals surface area contributed by atoms with Gasteiger partial charge in [-0.05, 0) is 37.8 Å². The van der Waals surface area contributed by atoms with Crippen molar-refractivity contribution in [3.05, 3.63) is 35.4 Å². The average Bonchev–Trinajstić information content (AvgIpc) is 2.85. The molecule has 0 radical (unpaired) electrons. The van der Waals surface area contributed by atoms with Crippen LogP contribution in [0.5, 0.6) is 0 Å². The van der Waals surface area contributed by atoms with Gasteiger partial charge in [-0.1, -0.05) is 24.3 Å². The van der Waals surface area contributed by atoms with Crippen molar-refractivity contribution in [2.24, 2.45) is 5.73 Å². The molecule has 2 N–H and O–H groups in total. The summed E-state index contributed by atoms with van der Waals surface area (Å²) in [5.74, 6) is 0.123. The number of rotatable bonds is 5. The monoisotopic (exact) mass is 338 g/mol. The minimum Gasteiger partial charge on any atom is -0.338 e. The number of carbonyl (C=O) groups is 1. The zero-order valence-electron chi connectivity index (χ0n) is 14.0. The maximum absolute atomic E-state index is 12.5. The Labute approximate surface area is 138 Å². The van der Waals surface area contributed by atoms with E-state index in [1.807, 2.05) is 24.0 Å². The van der Waals surface area contributed by atoms with Gasteiger partial charge in [-0.25, -0.2) is 8.42 Å². The summed E-state index contributed by atoms with van der Waals surface area (Å²) in [6.07, 6.45) is 2.25. The van der Waals surface area contributed by atoms with Gasteiger partial charge in [0.15, 0.2) is 0 Å². The second kappa shape index (κ2) is 7.01. The molecule has 0 unspecified atom stereocenters. The second-order valence-corrected chi connectivity index (χ2v) is 8.91. The van der Waals surface area contributed by atoms with E-state index in [9.17, 15) is 13.2 Å². The van der Waals surface area contributed by atoms with E-state index in [0.29, 0.717) is 12.5 Å². The molecule has 0 aliphatic carbocycles. The molecule has 0 spiro atoms. The lowest BCUT2D eigenvalue weighted by Crippen LogP contribution is -2.46. The Morgan fingerprint density at radius 2 is 2.04 bits per heavy atom. The molecule has 1 aromatic rings. The molecule has 0 saturated carbocycles. The number of hydrogen-bond acceptors (Lipinski definition) is 4. The number of nitrogens with zero attached hydrogens (tertiary/aromatic N) is 1. The Morgan fingerprint density at radius 1 is 1.39 bits per heavy atom. The summed E-state index contributed by atoms with van der Waals surface area (Å²) in [6, 6.07) is 7.61. The van der Waals surface area contributed by atoms with Gasteiger partial charge in [0.1, 0.15) is 9.84 Å².